The van der Waals surface area contributed by atoms with E-state index >= 15 is 0 Å². The van der Waals surface area contributed by atoms with Crippen LogP contribution in [0.4, 0.5) is 4.39 Å². The van der Waals surface area contributed by atoms with Gasteiger partial charge in [-0.1, -0.05) is 18.2 Å². The number of amides is 1. The van der Waals surface area contributed by atoms with Gasteiger partial charge in [0, 0.05) is 31.0 Å². The molecule has 0 spiro atoms. The summed E-state index contributed by atoms with van der Waals surface area (Å²) in [6.07, 6.45) is 5.95. The molecule has 1 amide bonds. The zero-order valence-electron chi connectivity index (χ0n) is 16.4. The van der Waals surface area contributed by atoms with E-state index in [-0.39, 0.29) is 11.7 Å². The van der Waals surface area contributed by atoms with E-state index in [1.54, 1.807) is 31.5 Å². The van der Waals surface area contributed by atoms with Gasteiger partial charge < -0.3 is 14.2 Å². The Morgan fingerprint density at radius 3 is 2.76 bits per heavy atom. The van der Waals surface area contributed by atoms with E-state index in [1.165, 1.54) is 12.1 Å². The molecule has 0 N–H and O–H groups in total. The number of hydrogen-bond acceptors (Lipinski definition) is 3. The molecule has 1 saturated carbocycles. The van der Waals surface area contributed by atoms with Crippen molar-refractivity contribution in [1.29, 1.82) is 0 Å². The Kier molecular flexibility index (Phi) is 5.60. The molecule has 1 aliphatic rings. The average Bonchev–Trinajstić information content (AvgIpc) is 3.47. The van der Waals surface area contributed by atoms with Gasteiger partial charge in [0.05, 0.1) is 13.7 Å². The number of methoxy groups -OCH3 is 1. The molecule has 1 aliphatic carbocycles. The molecule has 1 heterocycles. The highest BCUT2D eigenvalue weighted by molar-refractivity contribution is 5.94. The van der Waals surface area contributed by atoms with Crippen molar-refractivity contribution in [3.63, 3.8) is 0 Å². The quantitative estimate of drug-likeness (QED) is 0.578. The van der Waals surface area contributed by atoms with Crippen LogP contribution >= 0.6 is 0 Å². The lowest BCUT2D eigenvalue weighted by Crippen LogP contribution is -2.33. The molecule has 150 valence electrons. The number of rotatable bonds is 8. The van der Waals surface area contributed by atoms with Crippen LogP contribution in [-0.2, 0) is 13.1 Å². The Morgan fingerprint density at radius 2 is 2.03 bits per heavy atom. The first kappa shape index (κ1) is 19.2. The van der Waals surface area contributed by atoms with Crippen molar-refractivity contribution in [1.82, 2.24) is 14.5 Å². The van der Waals surface area contributed by atoms with E-state index in [4.69, 9.17) is 4.74 Å². The summed E-state index contributed by atoms with van der Waals surface area (Å²) in [4.78, 5) is 19.5. The molecule has 4 rings (SSSR count). The third kappa shape index (κ3) is 4.83. The first-order chi connectivity index (χ1) is 14.1. The zero-order chi connectivity index (χ0) is 20.2. The van der Waals surface area contributed by atoms with E-state index in [1.807, 2.05) is 33.9 Å². The molecule has 0 radical (unpaired) electrons. The largest absolute Gasteiger partial charge is 0.497 e. The van der Waals surface area contributed by atoms with Crippen molar-refractivity contribution in [3.05, 3.63) is 83.7 Å². The first-order valence-electron chi connectivity index (χ1n) is 9.80. The fraction of sp³-hybridized carbons (Fsp3) is 0.304. The summed E-state index contributed by atoms with van der Waals surface area (Å²) in [5.41, 5.74) is 1.60. The van der Waals surface area contributed by atoms with Gasteiger partial charge >= 0.3 is 0 Å². The van der Waals surface area contributed by atoms with E-state index < -0.39 is 0 Å². The molecule has 0 saturated heterocycles. The molecule has 2 aromatic carbocycles. The second kappa shape index (κ2) is 8.47. The Balaban J connectivity index is 1.53. The lowest BCUT2D eigenvalue weighted by Gasteiger charge is -2.23. The summed E-state index contributed by atoms with van der Waals surface area (Å²) < 4.78 is 20.4. The molecule has 0 unspecified atom stereocenters. The highest BCUT2D eigenvalue weighted by Gasteiger charge is 2.28. The fourth-order valence-electron chi connectivity index (χ4n) is 3.36. The minimum absolute atomic E-state index is 0.0212. The van der Waals surface area contributed by atoms with E-state index in [9.17, 15) is 9.18 Å². The number of nitrogens with zero attached hydrogens (tertiary/aromatic N) is 3. The van der Waals surface area contributed by atoms with Gasteiger partial charge in [-0.15, -0.1) is 0 Å². The molecular formula is C23H24FN3O2. The molecule has 1 fully saturated rings. The predicted molar refractivity (Wildman–Crippen MR) is 108 cm³/mol. The second-order valence-electron chi connectivity index (χ2n) is 7.46. The van der Waals surface area contributed by atoms with Crippen LogP contribution in [-0.4, -0.2) is 34.0 Å². The van der Waals surface area contributed by atoms with Gasteiger partial charge in [0.15, 0.2) is 0 Å². The summed E-state index contributed by atoms with van der Waals surface area (Å²) in [6.45, 7) is 1.74. The van der Waals surface area contributed by atoms with Crippen LogP contribution in [0.3, 0.4) is 0 Å². The maximum atomic E-state index is 13.2. The minimum atomic E-state index is -0.251. The van der Waals surface area contributed by atoms with Crippen molar-refractivity contribution >= 4 is 5.91 Å². The Morgan fingerprint density at radius 1 is 1.24 bits per heavy atom. The SMILES string of the molecule is COc1cccc(C(=O)N(Cc2nccn2Cc2ccc(F)cc2)CC2CC2)c1. The van der Waals surface area contributed by atoms with Gasteiger partial charge in [-0.2, -0.15) is 0 Å². The molecule has 5 nitrogen and oxygen atoms in total. The molecule has 0 atom stereocenters. The Hall–Kier alpha value is -3.15. The first-order valence-corrected chi connectivity index (χ1v) is 9.80. The highest BCUT2D eigenvalue weighted by atomic mass is 19.1. The van der Waals surface area contributed by atoms with Crippen molar-refractivity contribution in [2.75, 3.05) is 13.7 Å². The normalized spacial score (nSPS) is 13.3. The lowest BCUT2D eigenvalue weighted by atomic mass is 10.1. The number of carbonyl (C=O) groups is 1. The van der Waals surface area contributed by atoms with Gasteiger partial charge in [0.2, 0.25) is 0 Å². The Bertz CT molecular complexity index is 980. The highest BCUT2D eigenvalue weighted by Crippen LogP contribution is 2.31. The zero-order valence-corrected chi connectivity index (χ0v) is 16.4. The molecule has 1 aromatic heterocycles. The van der Waals surface area contributed by atoms with Crippen LogP contribution in [0.25, 0.3) is 0 Å². The third-order valence-corrected chi connectivity index (χ3v) is 5.18. The standard InChI is InChI=1S/C23H24FN3O2/c1-29-21-4-2-3-19(13-21)23(28)27(15-17-5-6-17)16-22-25-11-12-26(22)14-18-7-9-20(24)10-8-18/h2-4,7-13,17H,5-6,14-16H2,1H3. The Labute approximate surface area is 169 Å². The molecular weight excluding hydrogens is 369 g/mol. The van der Waals surface area contributed by atoms with Crippen molar-refractivity contribution < 1.29 is 13.9 Å². The summed E-state index contributed by atoms with van der Waals surface area (Å²) in [7, 11) is 1.60. The summed E-state index contributed by atoms with van der Waals surface area (Å²) in [5.74, 6) is 1.77. The van der Waals surface area contributed by atoms with Crippen LogP contribution in [0.2, 0.25) is 0 Å². The number of carbonyl (C=O) groups excluding carboxylic acids is 1. The van der Waals surface area contributed by atoms with Gasteiger partial charge in [-0.05, 0) is 54.7 Å². The van der Waals surface area contributed by atoms with Gasteiger partial charge in [-0.25, -0.2) is 9.37 Å². The molecule has 3 aromatic rings. The van der Waals surface area contributed by atoms with Gasteiger partial charge in [0.25, 0.3) is 5.91 Å². The van der Waals surface area contributed by atoms with Gasteiger partial charge in [0.1, 0.15) is 17.4 Å². The third-order valence-electron chi connectivity index (χ3n) is 5.18. The molecule has 6 heteroatoms. The molecule has 0 aliphatic heterocycles. The number of ether oxygens (including phenoxy) is 1. The van der Waals surface area contributed by atoms with Crippen molar-refractivity contribution in [2.45, 2.75) is 25.9 Å². The van der Waals surface area contributed by atoms with Crippen LogP contribution in [0.15, 0.2) is 60.9 Å². The topological polar surface area (TPSA) is 47.4 Å². The van der Waals surface area contributed by atoms with E-state index in [0.29, 0.717) is 30.3 Å². The predicted octanol–water partition coefficient (Wildman–Crippen LogP) is 4.13. The maximum Gasteiger partial charge on any atom is 0.254 e. The lowest BCUT2D eigenvalue weighted by molar-refractivity contribution is 0.0728. The van der Waals surface area contributed by atoms with Crippen LogP contribution in [0.1, 0.15) is 34.6 Å². The second-order valence-corrected chi connectivity index (χ2v) is 7.46. The fourth-order valence-corrected chi connectivity index (χ4v) is 3.36. The smallest absolute Gasteiger partial charge is 0.254 e. The summed E-state index contributed by atoms with van der Waals surface area (Å²) >= 11 is 0. The van der Waals surface area contributed by atoms with Crippen molar-refractivity contribution in [3.8, 4) is 5.75 Å². The number of hydrogen-bond donors (Lipinski definition) is 0. The number of benzene rings is 2. The summed E-state index contributed by atoms with van der Waals surface area (Å²) in [6, 6.07) is 13.7. The molecule has 29 heavy (non-hydrogen) atoms. The maximum absolute atomic E-state index is 13.2. The van der Waals surface area contributed by atoms with E-state index in [2.05, 4.69) is 4.98 Å². The minimum Gasteiger partial charge on any atom is -0.497 e. The van der Waals surface area contributed by atoms with Crippen molar-refractivity contribution in [2.24, 2.45) is 5.92 Å². The molecule has 0 bridgehead atoms. The van der Waals surface area contributed by atoms with Crippen LogP contribution in [0, 0.1) is 11.7 Å². The van der Waals surface area contributed by atoms with Crippen LogP contribution < -0.4 is 4.74 Å². The number of imidazole rings is 1. The van der Waals surface area contributed by atoms with Crippen LogP contribution in [0.5, 0.6) is 5.75 Å². The van der Waals surface area contributed by atoms with Gasteiger partial charge in [-0.3, -0.25) is 4.79 Å². The number of aromatic nitrogens is 2. The summed E-state index contributed by atoms with van der Waals surface area (Å²) in [5, 5.41) is 0. The average molecular weight is 393 g/mol. The monoisotopic (exact) mass is 393 g/mol. The number of halogens is 1. The van der Waals surface area contributed by atoms with E-state index in [0.717, 1.165) is 30.8 Å².